The van der Waals surface area contributed by atoms with Gasteiger partial charge in [-0.15, -0.1) is 0 Å². The van der Waals surface area contributed by atoms with Crippen molar-refractivity contribution in [3.63, 3.8) is 0 Å². The number of rotatable bonds is 9. The van der Waals surface area contributed by atoms with Gasteiger partial charge in [-0.25, -0.2) is 4.79 Å². The Morgan fingerprint density at radius 2 is 1.44 bits per heavy atom. The molecule has 0 saturated heterocycles. The largest absolute Gasteiger partial charge is 0.481 e. The van der Waals surface area contributed by atoms with Gasteiger partial charge in [-0.3, -0.25) is 19.2 Å². The zero-order valence-electron chi connectivity index (χ0n) is 40.3. The number of alkyl carbamates (subject to hydrolysis) is 1. The normalized spacial score (nSPS) is 39.4. The summed E-state index contributed by atoms with van der Waals surface area (Å²) in [7, 11) is 0. The van der Waals surface area contributed by atoms with E-state index < -0.39 is 45.5 Å². The number of ether oxygens (including phenoxy) is 2. The smallest absolute Gasteiger partial charge is 0.408 e. The van der Waals surface area contributed by atoms with Gasteiger partial charge in [0.2, 0.25) is 5.91 Å². The van der Waals surface area contributed by atoms with Gasteiger partial charge in [0.15, 0.2) is 5.78 Å². The molecular formula is C53H76N2O8. The Balaban J connectivity index is 1.05. The lowest BCUT2D eigenvalue weighted by atomic mass is 9.30. The van der Waals surface area contributed by atoms with Gasteiger partial charge >= 0.3 is 18.0 Å². The Morgan fingerprint density at radius 3 is 2.03 bits per heavy atom. The molecule has 7 aliphatic carbocycles. The van der Waals surface area contributed by atoms with E-state index in [9.17, 15) is 29.1 Å². The van der Waals surface area contributed by atoms with E-state index in [0.717, 1.165) is 61.7 Å². The molecule has 10 atom stereocenters. The van der Waals surface area contributed by atoms with E-state index in [1.165, 1.54) is 0 Å². The highest BCUT2D eigenvalue weighted by atomic mass is 16.6. The fourth-order valence-corrected chi connectivity index (χ4v) is 16.3. The minimum atomic E-state index is -1.05. The number of fused-ring (bicyclic) bond motifs is 7. The van der Waals surface area contributed by atoms with Gasteiger partial charge in [-0.1, -0.05) is 92.6 Å². The van der Waals surface area contributed by atoms with Crippen LogP contribution in [0.1, 0.15) is 166 Å². The third-order valence-electron chi connectivity index (χ3n) is 19.8. The first-order chi connectivity index (χ1) is 29.2. The number of ketones is 1. The van der Waals surface area contributed by atoms with Crippen LogP contribution in [0.3, 0.4) is 0 Å². The summed E-state index contributed by atoms with van der Waals surface area (Å²) in [6.45, 7) is 26.0. The van der Waals surface area contributed by atoms with Crippen LogP contribution in [0.15, 0.2) is 41.5 Å². The minimum Gasteiger partial charge on any atom is -0.481 e. The zero-order chi connectivity index (χ0) is 46.1. The first-order valence-corrected chi connectivity index (χ1v) is 24.2. The topological polar surface area (TPSA) is 148 Å². The van der Waals surface area contributed by atoms with Crippen LogP contribution in [-0.4, -0.2) is 51.5 Å². The van der Waals surface area contributed by atoms with Crippen molar-refractivity contribution < 1.29 is 38.6 Å². The third-order valence-corrected chi connectivity index (χ3v) is 19.8. The van der Waals surface area contributed by atoms with E-state index in [2.05, 4.69) is 59.1 Å². The number of hydrogen-bond acceptors (Lipinski definition) is 7. The van der Waals surface area contributed by atoms with E-state index >= 15 is 0 Å². The lowest BCUT2D eigenvalue weighted by Crippen LogP contribution is -2.71. The number of carboxylic acids is 1. The van der Waals surface area contributed by atoms with Crippen LogP contribution in [0, 0.1) is 68.0 Å². The molecule has 1 aromatic carbocycles. The maximum atomic E-state index is 14.4. The number of carbonyl (C=O) groups is 5. The van der Waals surface area contributed by atoms with Crippen molar-refractivity contribution in [1.29, 1.82) is 0 Å². The van der Waals surface area contributed by atoms with E-state index in [0.29, 0.717) is 37.5 Å². The molecule has 6 saturated carbocycles. The molecule has 10 nitrogen and oxygen atoms in total. The van der Waals surface area contributed by atoms with Gasteiger partial charge in [0, 0.05) is 6.42 Å². The molecule has 0 aromatic heterocycles. The van der Waals surface area contributed by atoms with Gasteiger partial charge in [0.05, 0.1) is 16.9 Å². The van der Waals surface area contributed by atoms with Crippen LogP contribution in [0.5, 0.6) is 0 Å². The molecule has 1 aromatic rings. The van der Waals surface area contributed by atoms with Crippen LogP contribution >= 0.6 is 0 Å². The van der Waals surface area contributed by atoms with Crippen molar-refractivity contribution in [2.45, 2.75) is 183 Å². The van der Waals surface area contributed by atoms with Crippen molar-refractivity contribution in [2.75, 3.05) is 0 Å². The van der Waals surface area contributed by atoms with E-state index in [4.69, 9.17) is 9.47 Å². The van der Waals surface area contributed by atoms with Crippen LogP contribution in [0.2, 0.25) is 0 Å². The van der Waals surface area contributed by atoms with E-state index in [1.807, 2.05) is 44.2 Å². The summed E-state index contributed by atoms with van der Waals surface area (Å²) < 4.78 is 11.4. The molecule has 10 heteroatoms. The lowest BCUT2D eigenvalue weighted by molar-refractivity contribution is -0.261. The Bertz CT molecular complexity index is 2110. The molecule has 8 rings (SSSR count). The molecule has 3 N–H and O–H groups in total. The van der Waals surface area contributed by atoms with Gasteiger partial charge in [-0.2, -0.15) is 0 Å². The van der Waals surface area contributed by atoms with Crippen molar-refractivity contribution in [3.8, 4) is 0 Å². The number of aliphatic carboxylic acids is 1. The second kappa shape index (κ2) is 14.7. The third kappa shape index (κ3) is 6.60. The Morgan fingerprint density at radius 1 is 0.794 bits per heavy atom. The zero-order valence-corrected chi connectivity index (χ0v) is 40.3. The van der Waals surface area contributed by atoms with Crippen molar-refractivity contribution in [2.24, 2.45) is 68.0 Å². The van der Waals surface area contributed by atoms with Crippen LogP contribution in [0.25, 0.3) is 0 Å². The number of hydrogen-bond donors (Lipinski definition) is 3. The highest BCUT2D eigenvalue weighted by Crippen LogP contribution is 2.79. The average Bonchev–Trinajstić information content (AvgIpc) is 3.89. The average molecular weight is 869 g/mol. The van der Waals surface area contributed by atoms with Crippen LogP contribution < -0.4 is 10.6 Å². The van der Waals surface area contributed by atoms with Crippen molar-refractivity contribution in [3.05, 3.63) is 47.0 Å². The number of esters is 1. The minimum absolute atomic E-state index is 0.0147. The SMILES string of the molecule is CC(C)C1=C2[C@H]3CC[C@@H]4[C@]5(C)CC[C@H]([C@@]6(C(=O)O)C[C@@H](C(=O)OCc7ccccc7)C6(C)C)C(C)(C)[C@H]5CC[C@@]4(C)[C@]3(C)CC[C@@]2(NC(=O)C2(NC(=O)OC(C)(C)C)CC2)CC1=O. The first kappa shape index (κ1) is 45.9. The maximum Gasteiger partial charge on any atom is 0.408 e. The second-order valence-corrected chi connectivity index (χ2v) is 24.7. The van der Waals surface area contributed by atoms with Crippen LogP contribution in [0.4, 0.5) is 4.79 Å². The highest BCUT2D eigenvalue weighted by molar-refractivity contribution is 6.03. The van der Waals surface area contributed by atoms with Gasteiger partial charge in [0.1, 0.15) is 17.7 Å². The predicted octanol–water partition coefficient (Wildman–Crippen LogP) is 10.4. The number of benzene rings is 1. The standard InChI is InChI=1S/C53H76N2O8/c1-31(2)39-35(56)29-52(54-42(58)51(26-27-51)55-44(61)63-45(3,4)5)25-24-49(11)33(40(39)52)18-19-38-48(10)22-20-37(46(6,7)36(48)21-23-50(38,49)12)53(43(59)60)28-34(47(53,8)9)41(57)62-30-32-16-14-13-15-17-32/h13-17,31,33-34,36-38H,18-30H2,1-12H3,(H,54,58)(H,55,61)(H,59,60)/t33-,34+,36-,37+,38-,48-,49-,50-,52-,53-/m1/s1. The summed E-state index contributed by atoms with van der Waals surface area (Å²) in [5.74, 6) is -0.939. The molecule has 0 radical (unpaired) electrons. The Kier molecular flexibility index (Phi) is 10.7. The fourth-order valence-electron chi connectivity index (χ4n) is 16.3. The summed E-state index contributed by atoms with van der Waals surface area (Å²) in [6, 6.07) is 9.63. The molecule has 63 heavy (non-hydrogen) atoms. The molecular weight excluding hydrogens is 793 g/mol. The molecule has 0 spiro atoms. The number of nitrogens with one attached hydrogen (secondary N) is 2. The summed E-state index contributed by atoms with van der Waals surface area (Å²) in [5.41, 5.74) is -1.89. The van der Waals surface area contributed by atoms with Gasteiger partial charge in [-0.05, 0) is 165 Å². The molecule has 0 heterocycles. The monoisotopic (exact) mass is 869 g/mol. The van der Waals surface area contributed by atoms with Gasteiger partial charge in [0.25, 0.3) is 0 Å². The molecule has 346 valence electrons. The summed E-state index contributed by atoms with van der Waals surface area (Å²) in [6.07, 6.45) is 8.24. The summed E-state index contributed by atoms with van der Waals surface area (Å²) >= 11 is 0. The fraction of sp³-hybridized carbons (Fsp3) is 0.755. The molecule has 0 bridgehead atoms. The van der Waals surface area contributed by atoms with Crippen molar-refractivity contribution >= 4 is 29.7 Å². The number of amides is 2. The summed E-state index contributed by atoms with van der Waals surface area (Å²) in [4.78, 5) is 69.0. The number of carbonyl (C=O) groups excluding carboxylic acids is 4. The summed E-state index contributed by atoms with van der Waals surface area (Å²) in [5, 5.41) is 17.7. The number of allylic oxidation sites excluding steroid dienone is 1. The van der Waals surface area contributed by atoms with E-state index in [1.54, 1.807) is 20.8 Å². The highest BCUT2D eigenvalue weighted by Gasteiger charge is 2.76. The quantitative estimate of drug-likeness (QED) is 0.208. The molecule has 2 amide bonds. The molecule has 6 fully saturated rings. The maximum absolute atomic E-state index is 14.4. The second-order valence-electron chi connectivity index (χ2n) is 24.7. The number of carboxylic acid groups (broad SMARTS) is 1. The predicted molar refractivity (Wildman–Crippen MR) is 241 cm³/mol. The first-order valence-electron chi connectivity index (χ1n) is 24.2. The lowest BCUT2D eigenvalue weighted by Gasteiger charge is -2.74. The van der Waals surface area contributed by atoms with Gasteiger partial charge < -0.3 is 25.2 Å². The Hall–Kier alpha value is -3.69. The van der Waals surface area contributed by atoms with Crippen LogP contribution in [-0.2, 0) is 35.3 Å². The van der Waals surface area contributed by atoms with Crippen molar-refractivity contribution in [1.82, 2.24) is 10.6 Å². The van der Waals surface area contributed by atoms with E-state index in [-0.39, 0.29) is 70.1 Å². The number of Topliss-reactive ketones (excluding diaryl/α,β-unsaturated/α-hetero) is 1. The molecule has 7 aliphatic rings. The molecule has 0 aliphatic heterocycles. The molecule has 0 unspecified atom stereocenters. The Labute approximate surface area is 376 Å².